The minimum Gasteiger partial charge on any atom is -0.486 e. The maximum Gasteiger partial charge on any atom is 0.230 e. The van der Waals surface area contributed by atoms with Crippen LogP contribution in [-0.4, -0.2) is 47.0 Å². The van der Waals surface area contributed by atoms with E-state index in [2.05, 4.69) is 15.5 Å². The molecule has 1 N–H and O–H groups in total. The molecule has 4 rings (SSSR count). The lowest BCUT2D eigenvalue weighted by atomic mass is 10.1. The second-order valence-corrected chi connectivity index (χ2v) is 9.36. The van der Waals surface area contributed by atoms with Gasteiger partial charge in [0.25, 0.3) is 0 Å². The summed E-state index contributed by atoms with van der Waals surface area (Å²) in [5.74, 6) is 1.64. The number of fused-ring (bicyclic) bond motifs is 1. The van der Waals surface area contributed by atoms with Crippen molar-refractivity contribution in [2.75, 3.05) is 23.9 Å². The number of nitrogens with one attached hydrogen (secondary N) is 1. The van der Waals surface area contributed by atoms with Gasteiger partial charge in [0, 0.05) is 12.5 Å². The second kappa shape index (κ2) is 9.22. The van der Waals surface area contributed by atoms with E-state index in [0.29, 0.717) is 34.9 Å². The molecule has 2 heterocycles. The molecule has 2 aromatic rings. The summed E-state index contributed by atoms with van der Waals surface area (Å²) < 4.78 is 11.8. The van der Waals surface area contributed by atoms with Gasteiger partial charge in [-0.05, 0) is 37.5 Å². The van der Waals surface area contributed by atoms with E-state index in [1.165, 1.54) is 23.1 Å². The highest BCUT2D eigenvalue weighted by molar-refractivity contribution is 8.01. The molecule has 1 aromatic heterocycles. The number of carbonyl (C=O) groups excluding carboxylic acids is 2. The first-order valence-electron chi connectivity index (χ1n) is 10.0. The molecular weight excluding hydrogens is 424 g/mol. The topological polar surface area (TPSA) is 93.7 Å². The lowest BCUT2D eigenvalue weighted by Crippen LogP contribution is -2.32. The van der Waals surface area contributed by atoms with Crippen LogP contribution >= 0.6 is 23.1 Å². The summed E-state index contributed by atoms with van der Waals surface area (Å²) in [6.07, 6.45) is 2.46. The average molecular weight is 449 g/mol. The smallest absolute Gasteiger partial charge is 0.230 e. The van der Waals surface area contributed by atoms with Gasteiger partial charge >= 0.3 is 0 Å². The number of hydrogen-bond acceptors (Lipinski definition) is 8. The van der Waals surface area contributed by atoms with Crippen molar-refractivity contribution in [2.45, 2.75) is 49.5 Å². The van der Waals surface area contributed by atoms with Gasteiger partial charge in [-0.15, -0.1) is 10.2 Å². The summed E-state index contributed by atoms with van der Waals surface area (Å²) in [7, 11) is 0. The first kappa shape index (κ1) is 20.9. The Labute approximate surface area is 183 Å². The number of benzene rings is 1. The molecule has 0 saturated heterocycles. The molecule has 1 aliphatic heterocycles. The molecule has 0 unspecified atom stereocenters. The van der Waals surface area contributed by atoms with E-state index in [9.17, 15) is 9.59 Å². The van der Waals surface area contributed by atoms with Gasteiger partial charge in [-0.2, -0.15) is 0 Å². The van der Waals surface area contributed by atoms with Crippen LogP contribution in [0.2, 0.25) is 0 Å². The van der Waals surface area contributed by atoms with Gasteiger partial charge in [0.05, 0.1) is 11.8 Å². The number of carbonyl (C=O) groups is 2. The van der Waals surface area contributed by atoms with Crippen molar-refractivity contribution >= 4 is 40.0 Å². The molecule has 0 bridgehead atoms. The van der Waals surface area contributed by atoms with Crippen LogP contribution in [0.25, 0.3) is 0 Å². The van der Waals surface area contributed by atoms with E-state index >= 15 is 0 Å². The minimum atomic E-state index is -0.161. The third-order valence-electron chi connectivity index (χ3n) is 4.86. The Balaban J connectivity index is 1.31. The van der Waals surface area contributed by atoms with Gasteiger partial charge in [-0.3, -0.25) is 14.5 Å². The van der Waals surface area contributed by atoms with Crippen LogP contribution in [0.15, 0.2) is 22.5 Å². The van der Waals surface area contributed by atoms with Crippen molar-refractivity contribution in [3.8, 4) is 11.5 Å². The Bertz CT molecular complexity index is 931. The molecule has 1 aliphatic carbocycles. The van der Waals surface area contributed by atoms with Crippen LogP contribution in [-0.2, 0) is 9.59 Å². The molecule has 1 fully saturated rings. The highest BCUT2D eigenvalue weighted by atomic mass is 32.2. The summed E-state index contributed by atoms with van der Waals surface area (Å²) in [6, 6.07) is 5.79. The highest BCUT2D eigenvalue weighted by Crippen LogP contribution is 2.36. The molecule has 1 saturated carbocycles. The number of amides is 2. The van der Waals surface area contributed by atoms with Crippen molar-refractivity contribution in [1.29, 1.82) is 0 Å². The quantitative estimate of drug-likeness (QED) is 0.490. The summed E-state index contributed by atoms with van der Waals surface area (Å²) in [6.45, 7) is 4.86. The van der Waals surface area contributed by atoms with E-state index in [0.717, 1.165) is 24.2 Å². The number of hydrogen-bond donors (Lipinski definition) is 1. The van der Waals surface area contributed by atoms with Crippen LogP contribution in [0.3, 0.4) is 0 Å². The molecule has 0 radical (unpaired) electrons. The predicted molar refractivity (Wildman–Crippen MR) is 115 cm³/mol. The van der Waals surface area contributed by atoms with Crippen molar-refractivity contribution in [3.05, 3.63) is 23.8 Å². The Morgan fingerprint density at radius 3 is 2.77 bits per heavy atom. The number of ether oxygens (including phenoxy) is 2. The average Bonchev–Trinajstić information content (AvgIpc) is 3.48. The van der Waals surface area contributed by atoms with Gasteiger partial charge in [0.15, 0.2) is 15.8 Å². The van der Waals surface area contributed by atoms with Crippen LogP contribution in [0.1, 0.15) is 44.7 Å². The number of nitrogens with zero attached hydrogens (tertiary/aromatic N) is 3. The standard InChI is InChI=1S/C20H24N4O4S2/c1-3-18(26)24(14-5-6-14)19-22-23-20(30-19)29-11-17(25)21-12(2)13-4-7-15-16(10-13)28-9-8-27-15/h4,7,10,12,14H,3,5-6,8-9,11H2,1-2H3,(H,21,25)/t12-/m0/s1. The van der Waals surface area contributed by atoms with Gasteiger partial charge < -0.3 is 14.8 Å². The van der Waals surface area contributed by atoms with Crippen LogP contribution in [0.5, 0.6) is 11.5 Å². The third-order valence-corrected chi connectivity index (χ3v) is 6.91. The van der Waals surface area contributed by atoms with Crippen LogP contribution < -0.4 is 19.7 Å². The van der Waals surface area contributed by atoms with Crippen LogP contribution in [0, 0.1) is 0 Å². The van der Waals surface area contributed by atoms with Gasteiger partial charge in [-0.25, -0.2) is 0 Å². The summed E-state index contributed by atoms with van der Waals surface area (Å²) in [4.78, 5) is 26.4. The second-order valence-electron chi connectivity index (χ2n) is 7.18. The number of aromatic nitrogens is 2. The molecule has 2 aliphatic rings. The monoisotopic (exact) mass is 448 g/mol. The maximum atomic E-state index is 12.4. The number of rotatable bonds is 8. The molecule has 1 atom stereocenters. The van der Waals surface area contributed by atoms with Crippen molar-refractivity contribution in [2.24, 2.45) is 0 Å². The molecule has 1 aromatic carbocycles. The summed E-state index contributed by atoms with van der Waals surface area (Å²) in [5.41, 5.74) is 0.953. The van der Waals surface area contributed by atoms with Crippen molar-refractivity contribution in [1.82, 2.24) is 15.5 Å². The lowest BCUT2D eigenvalue weighted by molar-refractivity contribution is -0.119. The van der Waals surface area contributed by atoms with Crippen molar-refractivity contribution < 1.29 is 19.1 Å². The first-order valence-corrected chi connectivity index (χ1v) is 11.8. The minimum absolute atomic E-state index is 0.0659. The predicted octanol–water partition coefficient (Wildman–Crippen LogP) is 3.18. The zero-order valence-corrected chi connectivity index (χ0v) is 18.6. The zero-order chi connectivity index (χ0) is 21.1. The Morgan fingerprint density at radius 1 is 1.27 bits per heavy atom. The zero-order valence-electron chi connectivity index (χ0n) is 16.9. The number of thioether (sulfide) groups is 1. The fourth-order valence-electron chi connectivity index (χ4n) is 3.15. The Kier molecular flexibility index (Phi) is 6.43. The largest absolute Gasteiger partial charge is 0.486 e. The van der Waals surface area contributed by atoms with E-state index in [1.54, 1.807) is 4.90 Å². The molecule has 30 heavy (non-hydrogen) atoms. The maximum absolute atomic E-state index is 12.4. The van der Waals surface area contributed by atoms with E-state index < -0.39 is 0 Å². The van der Waals surface area contributed by atoms with E-state index in [1.807, 2.05) is 32.0 Å². The molecule has 0 spiro atoms. The van der Waals surface area contributed by atoms with Crippen molar-refractivity contribution in [3.63, 3.8) is 0 Å². The molecular formula is C20H24N4O4S2. The lowest BCUT2D eigenvalue weighted by Gasteiger charge is -2.21. The highest BCUT2D eigenvalue weighted by Gasteiger charge is 2.35. The van der Waals surface area contributed by atoms with Gasteiger partial charge in [0.2, 0.25) is 16.9 Å². The van der Waals surface area contributed by atoms with Crippen LogP contribution in [0.4, 0.5) is 5.13 Å². The van der Waals surface area contributed by atoms with E-state index in [-0.39, 0.29) is 29.7 Å². The Hall–Kier alpha value is -2.33. The SMILES string of the molecule is CCC(=O)N(c1nnc(SCC(=O)N[C@@H](C)c2ccc3c(c2)OCCO3)s1)C1CC1. The first-order chi connectivity index (χ1) is 14.5. The molecule has 8 nitrogen and oxygen atoms in total. The molecule has 10 heteroatoms. The third kappa shape index (κ3) is 4.86. The fraction of sp³-hybridized carbons (Fsp3) is 0.500. The Morgan fingerprint density at radius 2 is 2.03 bits per heavy atom. The number of anilines is 1. The summed E-state index contributed by atoms with van der Waals surface area (Å²) in [5, 5.41) is 11.9. The molecule has 2 amide bonds. The summed E-state index contributed by atoms with van der Waals surface area (Å²) >= 11 is 2.69. The fourth-order valence-corrected chi connectivity index (χ4v) is 4.89. The normalized spacial score (nSPS) is 16.1. The van der Waals surface area contributed by atoms with Gasteiger partial charge in [-0.1, -0.05) is 36.1 Å². The van der Waals surface area contributed by atoms with E-state index in [4.69, 9.17) is 9.47 Å². The van der Waals surface area contributed by atoms with Gasteiger partial charge in [0.1, 0.15) is 13.2 Å². The molecule has 160 valence electrons.